The molecule has 2 aromatic carbocycles. The number of halogens is 1. The van der Waals surface area contributed by atoms with E-state index in [0.717, 1.165) is 46.3 Å². The number of ether oxygens (including phenoxy) is 1. The van der Waals surface area contributed by atoms with E-state index in [9.17, 15) is 4.79 Å². The Morgan fingerprint density at radius 2 is 1.91 bits per heavy atom. The molecule has 33 heavy (non-hydrogen) atoms. The topological polar surface area (TPSA) is 83.0 Å². The van der Waals surface area contributed by atoms with Crippen LogP contribution in [0.5, 0.6) is 5.75 Å². The lowest BCUT2D eigenvalue weighted by Crippen LogP contribution is -2.13. The van der Waals surface area contributed by atoms with Crippen LogP contribution in [0.3, 0.4) is 0 Å². The molecule has 2 aromatic heterocycles. The van der Waals surface area contributed by atoms with Gasteiger partial charge in [0.25, 0.3) is 5.91 Å². The predicted molar refractivity (Wildman–Crippen MR) is 129 cm³/mol. The van der Waals surface area contributed by atoms with Crippen LogP contribution in [0, 0.1) is 0 Å². The van der Waals surface area contributed by atoms with E-state index in [1.54, 1.807) is 19.4 Å². The molecule has 0 radical (unpaired) electrons. The zero-order valence-electron chi connectivity index (χ0n) is 18.4. The second-order valence-corrected chi connectivity index (χ2v) is 8.84. The van der Waals surface area contributed by atoms with Crippen LogP contribution in [0.1, 0.15) is 58.8 Å². The summed E-state index contributed by atoms with van der Waals surface area (Å²) in [6, 6.07) is 15.6. The van der Waals surface area contributed by atoms with E-state index in [2.05, 4.69) is 17.1 Å². The third kappa shape index (κ3) is 3.95. The van der Waals surface area contributed by atoms with Crippen molar-refractivity contribution in [2.75, 3.05) is 7.11 Å². The maximum Gasteiger partial charge on any atom is 0.252 e. The highest BCUT2D eigenvalue weighted by Gasteiger charge is 2.25. The number of nitrogens with zero attached hydrogens (tertiary/aromatic N) is 3. The van der Waals surface area contributed by atoms with Crippen LogP contribution in [0.2, 0.25) is 5.15 Å². The van der Waals surface area contributed by atoms with Crippen LogP contribution in [0.15, 0.2) is 54.7 Å². The van der Waals surface area contributed by atoms with Crippen molar-refractivity contribution in [1.29, 1.82) is 0 Å². The largest absolute Gasteiger partial charge is 0.496 e. The average molecular weight is 461 g/mol. The number of carbonyl (C=O) groups excluding carboxylic acids is 1. The molecular formula is C26H25ClN4O2. The monoisotopic (exact) mass is 460 g/mol. The van der Waals surface area contributed by atoms with Gasteiger partial charge in [0.15, 0.2) is 5.15 Å². The van der Waals surface area contributed by atoms with Crippen molar-refractivity contribution < 1.29 is 9.53 Å². The summed E-state index contributed by atoms with van der Waals surface area (Å²) in [7, 11) is 1.55. The van der Waals surface area contributed by atoms with E-state index in [1.807, 2.05) is 35.0 Å². The highest BCUT2D eigenvalue weighted by atomic mass is 35.5. The van der Waals surface area contributed by atoms with Gasteiger partial charge in [-0.2, -0.15) is 5.10 Å². The number of aromatic nitrogens is 3. The first-order valence-electron chi connectivity index (χ1n) is 11.1. The first-order valence-corrected chi connectivity index (χ1v) is 11.5. The zero-order chi connectivity index (χ0) is 22.9. The van der Waals surface area contributed by atoms with E-state index in [0.29, 0.717) is 28.8 Å². The molecule has 0 atom stereocenters. The molecule has 7 heteroatoms. The lowest BCUT2D eigenvalue weighted by molar-refractivity contribution is 0.0997. The molecule has 2 heterocycles. The minimum absolute atomic E-state index is 0.385. The normalized spacial score (nSPS) is 14.1. The summed E-state index contributed by atoms with van der Waals surface area (Å²) in [4.78, 5) is 16.0. The lowest BCUT2D eigenvalue weighted by atomic mass is 10.0. The maximum absolute atomic E-state index is 11.7. The number of hydrogen-bond acceptors (Lipinski definition) is 4. The fourth-order valence-electron chi connectivity index (χ4n) is 4.87. The Kier molecular flexibility index (Phi) is 5.77. The summed E-state index contributed by atoms with van der Waals surface area (Å²) in [6.45, 7) is 0. The summed E-state index contributed by atoms with van der Waals surface area (Å²) in [5.41, 5.74) is 10.8. The van der Waals surface area contributed by atoms with Crippen LogP contribution in [-0.2, 0) is 6.42 Å². The number of nitrogens with two attached hydrogens (primary N) is 1. The van der Waals surface area contributed by atoms with Crippen LogP contribution in [0.4, 0.5) is 0 Å². The molecule has 0 saturated heterocycles. The third-order valence-corrected chi connectivity index (χ3v) is 6.74. The molecule has 5 rings (SSSR count). The van der Waals surface area contributed by atoms with Crippen LogP contribution < -0.4 is 10.5 Å². The number of para-hydroxylation sites is 1. The van der Waals surface area contributed by atoms with Gasteiger partial charge in [0.2, 0.25) is 0 Å². The van der Waals surface area contributed by atoms with E-state index in [4.69, 9.17) is 27.2 Å². The van der Waals surface area contributed by atoms with Gasteiger partial charge < -0.3 is 10.5 Å². The van der Waals surface area contributed by atoms with E-state index in [-0.39, 0.29) is 0 Å². The highest BCUT2D eigenvalue weighted by Crippen LogP contribution is 2.39. The van der Waals surface area contributed by atoms with E-state index >= 15 is 0 Å². The van der Waals surface area contributed by atoms with Gasteiger partial charge in [0, 0.05) is 23.9 Å². The van der Waals surface area contributed by atoms with Gasteiger partial charge in [0.1, 0.15) is 11.3 Å². The first-order chi connectivity index (χ1) is 16.1. The molecule has 4 aromatic rings. The lowest BCUT2D eigenvalue weighted by Gasteiger charge is -2.12. The summed E-state index contributed by atoms with van der Waals surface area (Å²) in [5, 5.41) is 6.54. The summed E-state index contributed by atoms with van der Waals surface area (Å²) >= 11 is 6.52. The quantitative estimate of drug-likeness (QED) is 0.389. The number of rotatable bonds is 6. The molecule has 168 valence electrons. The number of carbonyl (C=O) groups is 1. The highest BCUT2D eigenvalue weighted by molar-refractivity contribution is 6.34. The van der Waals surface area contributed by atoms with Crippen molar-refractivity contribution in [2.45, 2.75) is 38.0 Å². The minimum Gasteiger partial charge on any atom is -0.496 e. The first kappa shape index (κ1) is 21.5. The number of primary amides is 1. The number of amides is 1. The Balaban J connectivity index is 1.50. The van der Waals surface area contributed by atoms with Crippen LogP contribution in [0.25, 0.3) is 16.6 Å². The van der Waals surface area contributed by atoms with Gasteiger partial charge >= 0.3 is 0 Å². The Morgan fingerprint density at radius 1 is 1.15 bits per heavy atom. The number of fused-ring (bicyclic) bond motifs is 1. The van der Waals surface area contributed by atoms with Crippen molar-refractivity contribution in [1.82, 2.24) is 14.8 Å². The molecule has 1 fully saturated rings. The smallest absolute Gasteiger partial charge is 0.252 e. The van der Waals surface area contributed by atoms with Gasteiger partial charge in [-0.25, -0.2) is 9.67 Å². The minimum atomic E-state index is -0.502. The maximum atomic E-state index is 11.7. The molecule has 1 aliphatic rings. The third-order valence-electron chi connectivity index (χ3n) is 6.46. The molecule has 0 bridgehead atoms. The molecule has 1 saturated carbocycles. The second kappa shape index (κ2) is 8.87. The molecule has 0 spiro atoms. The van der Waals surface area contributed by atoms with Crippen molar-refractivity contribution in [3.8, 4) is 11.4 Å². The number of methoxy groups -OCH3 is 1. The SMILES string of the molecule is COc1c(Cc2ccc(-n3nc(C4CCCC4)c4ccnc(Cl)c43)cc2)cccc1C(N)=O. The summed E-state index contributed by atoms with van der Waals surface area (Å²) < 4.78 is 7.39. The van der Waals surface area contributed by atoms with Gasteiger partial charge in [0.05, 0.1) is 24.1 Å². The Hall–Kier alpha value is -3.38. The number of hydrogen-bond donors (Lipinski definition) is 1. The van der Waals surface area contributed by atoms with E-state index < -0.39 is 5.91 Å². The van der Waals surface area contributed by atoms with Gasteiger partial charge in [-0.3, -0.25) is 4.79 Å². The standard InChI is InChI=1S/C26H25ClN4O2/c1-33-24-18(7-4-8-21(24)26(28)32)15-16-9-11-19(12-10-16)31-23-20(13-14-29-25(23)27)22(30-31)17-5-2-3-6-17/h4,7-14,17H,2-3,5-6,15H2,1H3,(H2,28,32). The number of pyridine rings is 1. The van der Waals surface area contributed by atoms with Crippen molar-refractivity contribution in [2.24, 2.45) is 5.73 Å². The van der Waals surface area contributed by atoms with Gasteiger partial charge in [-0.15, -0.1) is 0 Å². The fraction of sp³-hybridized carbons (Fsp3) is 0.269. The molecule has 6 nitrogen and oxygen atoms in total. The van der Waals surface area contributed by atoms with Gasteiger partial charge in [-0.1, -0.05) is 48.7 Å². The number of benzene rings is 2. The second-order valence-electron chi connectivity index (χ2n) is 8.48. The molecule has 1 aliphatic carbocycles. The average Bonchev–Trinajstić information content (AvgIpc) is 3.48. The molecule has 1 amide bonds. The molecule has 2 N–H and O–H groups in total. The fourth-order valence-corrected chi connectivity index (χ4v) is 5.11. The van der Waals surface area contributed by atoms with Gasteiger partial charge in [-0.05, 0) is 48.2 Å². The summed E-state index contributed by atoms with van der Waals surface area (Å²) in [6.07, 6.45) is 7.18. The Bertz CT molecular complexity index is 1320. The Labute approximate surface area is 197 Å². The van der Waals surface area contributed by atoms with Crippen molar-refractivity contribution >= 4 is 28.4 Å². The van der Waals surface area contributed by atoms with Crippen molar-refractivity contribution in [3.05, 3.63) is 82.3 Å². The van der Waals surface area contributed by atoms with Crippen LogP contribution in [-0.4, -0.2) is 27.8 Å². The predicted octanol–water partition coefficient (Wildman–Crippen LogP) is 5.43. The summed E-state index contributed by atoms with van der Waals surface area (Å²) in [5.74, 6) is 0.487. The molecule has 0 unspecified atom stereocenters. The van der Waals surface area contributed by atoms with Crippen LogP contribution >= 0.6 is 11.6 Å². The zero-order valence-corrected chi connectivity index (χ0v) is 19.2. The molecular weight excluding hydrogens is 436 g/mol. The molecule has 0 aliphatic heterocycles. The Morgan fingerprint density at radius 3 is 2.61 bits per heavy atom. The van der Waals surface area contributed by atoms with E-state index in [1.165, 1.54) is 12.8 Å². The van der Waals surface area contributed by atoms with Crippen molar-refractivity contribution in [3.63, 3.8) is 0 Å².